The molecule has 134 valence electrons. The van der Waals surface area contributed by atoms with Gasteiger partial charge in [0.05, 0.1) is 18.4 Å². The van der Waals surface area contributed by atoms with Crippen molar-refractivity contribution in [3.63, 3.8) is 0 Å². The van der Waals surface area contributed by atoms with E-state index in [0.717, 1.165) is 16.3 Å². The highest BCUT2D eigenvalue weighted by Gasteiger charge is 2.15. The summed E-state index contributed by atoms with van der Waals surface area (Å²) in [6.07, 6.45) is 7.54. The van der Waals surface area contributed by atoms with Gasteiger partial charge in [0.2, 0.25) is 0 Å². The van der Waals surface area contributed by atoms with Gasteiger partial charge in [-0.1, -0.05) is 30.3 Å². The Bertz CT molecular complexity index is 808. The quantitative estimate of drug-likeness (QED) is 0.628. The highest BCUT2D eigenvalue weighted by molar-refractivity contribution is 7.13. The zero-order valence-corrected chi connectivity index (χ0v) is 15.4. The Hall–Kier alpha value is -2.61. The predicted octanol–water partition coefficient (Wildman–Crippen LogP) is 2.85. The lowest BCUT2D eigenvalue weighted by atomic mass is 10.1. The van der Waals surface area contributed by atoms with E-state index in [9.17, 15) is 0 Å². The number of hydrogen-bond acceptors (Lipinski definition) is 7. The maximum absolute atomic E-state index is 4.65. The molecule has 2 aromatic rings. The maximum atomic E-state index is 4.65. The molecule has 1 aliphatic rings. The lowest BCUT2D eigenvalue weighted by Gasteiger charge is -2.18. The summed E-state index contributed by atoms with van der Waals surface area (Å²) < 4.78 is 0. The van der Waals surface area contributed by atoms with Crippen LogP contribution in [0.3, 0.4) is 0 Å². The van der Waals surface area contributed by atoms with Gasteiger partial charge in [0, 0.05) is 29.4 Å². The third-order valence-electron chi connectivity index (χ3n) is 3.98. The molecule has 0 bridgehead atoms. The third-order valence-corrected chi connectivity index (χ3v) is 4.87. The summed E-state index contributed by atoms with van der Waals surface area (Å²) in [6, 6.07) is 10.6. The largest absolute Gasteiger partial charge is 0.328 e. The maximum Gasteiger partial charge on any atom is 0.124 e. The summed E-state index contributed by atoms with van der Waals surface area (Å²) in [4.78, 5) is 13.1. The number of aliphatic imine (C=N–C) groups is 2. The molecule has 0 fully saturated rings. The molecule has 6 nitrogen and oxygen atoms in total. The van der Waals surface area contributed by atoms with Crippen molar-refractivity contribution < 1.29 is 0 Å². The van der Waals surface area contributed by atoms with Crippen LogP contribution < -0.4 is 16.2 Å². The lowest BCUT2D eigenvalue weighted by molar-refractivity contribution is 0.444. The van der Waals surface area contributed by atoms with Crippen molar-refractivity contribution in [3.05, 3.63) is 59.8 Å². The summed E-state index contributed by atoms with van der Waals surface area (Å²) in [5.74, 6) is 0. The molecule has 3 N–H and O–H groups in total. The minimum atomic E-state index is 0.262. The number of nitrogens with one attached hydrogen (secondary N) is 3. The van der Waals surface area contributed by atoms with Crippen LogP contribution in [0.5, 0.6) is 0 Å². The van der Waals surface area contributed by atoms with E-state index in [0.29, 0.717) is 12.4 Å². The molecule has 7 heteroatoms. The molecule has 0 amide bonds. The number of nitrogens with zero attached hydrogens (tertiary/aromatic N) is 3. The fourth-order valence-corrected chi connectivity index (χ4v) is 3.28. The summed E-state index contributed by atoms with van der Waals surface area (Å²) in [7, 11) is 0. The van der Waals surface area contributed by atoms with Crippen LogP contribution in [0.4, 0.5) is 0 Å². The van der Waals surface area contributed by atoms with Crippen LogP contribution in [0.15, 0.2) is 64.0 Å². The van der Waals surface area contributed by atoms with Crippen LogP contribution in [0.2, 0.25) is 0 Å². The zero-order chi connectivity index (χ0) is 18.2. The molecule has 2 atom stereocenters. The second-order valence-corrected chi connectivity index (χ2v) is 6.63. The number of benzene rings is 1. The van der Waals surface area contributed by atoms with E-state index in [4.69, 9.17) is 0 Å². The SMILES string of the molecule is C=N/C(=C\C=N/CNC(C)C1C=CNN1)c1csc(-c2ccccc2)n1. The Morgan fingerprint density at radius 2 is 2.27 bits per heavy atom. The molecule has 2 heterocycles. The molecule has 0 saturated heterocycles. The van der Waals surface area contributed by atoms with Crippen LogP contribution in [-0.4, -0.2) is 36.7 Å². The van der Waals surface area contributed by atoms with E-state index in [-0.39, 0.29) is 12.1 Å². The minimum Gasteiger partial charge on any atom is -0.328 e. The number of hydrazine groups is 1. The van der Waals surface area contributed by atoms with Gasteiger partial charge in [0.15, 0.2) is 0 Å². The van der Waals surface area contributed by atoms with Crippen molar-refractivity contribution >= 4 is 30.0 Å². The van der Waals surface area contributed by atoms with Gasteiger partial charge in [-0.15, -0.1) is 11.3 Å². The zero-order valence-electron chi connectivity index (χ0n) is 14.6. The minimum absolute atomic E-state index is 0.262. The van der Waals surface area contributed by atoms with Crippen molar-refractivity contribution in [3.8, 4) is 10.6 Å². The van der Waals surface area contributed by atoms with Crippen molar-refractivity contribution in [2.24, 2.45) is 9.98 Å². The number of thiazole rings is 1. The Morgan fingerprint density at radius 1 is 1.42 bits per heavy atom. The normalized spacial score (nSPS) is 18.2. The van der Waals surface area contributed by atoms with E-state index < -0.39 is 0 Å². The summed E-state index contributed by atoms with van der Waals surface area (Å²) in [5, 5.41) is 6.30. The fraction of sp³-hybridized carbons (Fsp3) is 0.211. The molecular weight excluding hydrogens is 344 g/mol. The van der Waals surface area contributed by atoms with Gasteiger partial charge in [0.25, 0.3) is 0 Å². The molecule has 1 aromatic heterocycles. The fourth-order valence-electron chi connectivity index (χ4n) is 2.46. The van der Waals surface area contributed by atoms with Gasteiger partial charge >= 0.3 is 0 Å². The molecule has 1 aromatic carbocycles. The van der Waals surface area contributed by atoms with Crippen LogP contribution in [0, 0.1) is 0 Å². The standard InChI is InChI=1S/C19H22N6S/c1-14(16-9-11-23-25-16)22-13-21-10-8-17(20-2)18-12-26-19(24-18)15-6-4-3-5-7-15/h3-12,14,16,22-23,25H,2,13H2,1H3/b17-8-,21-10-. The first-order valence-corrected chi connectivity index (χ1v) is 9.25. The number of hydrogen-bond donors (Lipinski definition) is 3. The van der Waals surface area contributed by atoms with E-state index >= 15 is 0 Å². The van der Waals surface area contributed by atoms with Crippen LogP contribution in [0.1, 0.15) is 12.6 Å². The van der Waals surface area contributed by atoms with Gasteiger partial charge in [-0.3, -0.25) is 15.3 Å². The van der Waals surface area contributed by atoms with Gasteiger partial charge in [0.1, 0.15) is 10.7 Å². The molecule has 0 saturated carbocycles. The molecule has 3 rings (SSSR count). The molecular formula is C19H22N6S. The number of aromatic nitrogens is 1. The van der Waals surface area contributed by atoms with E-state index in [1.54, 1.807) is 17.6 Å². The van der Waals surface area contributed by atoms with Crippen LogP contribution in [0.25, 0.3) is 16.3 Å². The molecule has 0 spiro atoms. The summed E-state index contributed by atoms with van der Waals surface area (Å²) in [5.41, 5.74) is 8.73. The first kappa shape index (κ1) is 18.2. The summed E-state index contributed by atoms with van der Waals surface area (Å²) in [6.45, 7) is 6.28. The lowest BCUT2D eigenvalue weighted by Crippen LogP contribution is -2.45. The Labute approximate surface area is 157 Å². The summed E-state index contributed by atoms with van der Waals surface area (Å²) >= 11 is 1.59. The first-order valence-electron chi connectivity index (χ1n) is 8.37. The van der Waals surface area contributed by atoms with Gasteiger partial charge in [-0.2, -0.15) is 0 Å². The van der Waals surface area contributed by atoms with Crippen molar-refractivity contribution in [2.45, 2.75) is 19.0 Å². The van der Waals surface area contributed by atoms with E-state index in [1.807, 2.05) is 48.0 Å². The second kappa shape index (κ2) is 9.19. The highest BCUT2D eigenvalue weighted by Crippen LogP contribution is 2.26. The van der Waals surface area contributed by atoms with Gasteiger partial charge < -0.3 is 5.43 Å². The number of allylic oxidation sites excluding steroid dienone is 1. The van der Waals surface area contributed by atoms with E-state index in [1.165, 1.54) is 0 Å². The van der Waals surface area contributed by atoms with Gasteiger partial charge in [-0.25, -0.2) is 10.4 Å². The molecule has 1 aliphatic heterocycles. The van der Waals surface area contributed by atoms with Crippen LogP contribution in [-0.2, 0) is 0 Å². The average Bonchev–Trinajstić information content (AvgIpc) is 3.37. The molecule has 2 unspecified atom stereocenters. The van der Waals surface area contributed by atoms with Crippen molar-refractivity contribution in [2.75, 3.05) is 6.67 Å². The van der Waals surface area contributed by atoms with Crippen LogP contribution >= 0.6 is 11.3 Å². The van der Waals surface area contributed by atoms with Crippen molar-refractivity contribution in [1.82, 2.24) is 21.2 Å². The predicted molar refractivity (Wildman–Crippen MR) is 110 cm³/mol. The molecule has 26 heavy (non-hydrogen) atoms. The van der Waals surface area contributed by atoms with E-state index in [2.05, 4.69) is 50.9 Å². The third kappa shape index (κ3) is 4.72. The topological polar surface area (TPSA) is 73.7 Å². The van der Waals surface area contributed by atoms with Gasteiger partial charge in [-0.05, 0) is 25.8 Å². The van der Waals surface area contributed by atoms with Crippen molar-refractivity contribution in [1.29, 1.82) is 0 Å². The highest BCUT2D eigenvalue weighted by atomic mass is 32.1. The first-order chi connectivity index (χ1) is 12.8. The molecule has 0 aliphatic carbocycles. The Kier molecular flexibility index (Phi) is 6.43. The monoisotopic (exact) mass is 366 g/mol. The smallest absolute Gasteiger partial charge is 0.124 e. The second-order valence-electron chi connectivity index (χ2n) is 5.77. The number of rotatable bonds is 8. The average molecular weight is 366 g/mol. The Morgan fingerprint density at radius 3 is 3.00 bits per heavy atom. The Balaban J connectivity index is 1.57. The molecule has 0 radical (unpaired) electrons.